The maximum Gasteiger partial charge on any atom is 0.273 e. The van der Waals surface area contributed by atoms with Crippen molar-refractivity contribution < 1.29 is 22.8 Å². The van der Waals surface area contributed by atoms with Gasteiger partial charge in [-0.2, -0.15) is 0 Å². The Morgan fingerprint density at radius 1 is 1.08 bits per heavy atom. The second kappa shape index (κ2) is 8.52. The summed E-state index contributed by atoms with van der Waals surface area (Å²) >= 11 is 0. The number of ether oxygens (including phenoxy) is 2. The summed E-state index contributed by atoms with van der Waals surface area (Å²) < 4.78 is 38.3. The number of nitrogens with one attached hydrogen (secondary N) is 1. The summed E-state index contributed by atoms with van der Waals surface area (Å²) in [5, 5.41) is 11.1. The molecule has 0 heterocycles. The van der Waals surface area contributed by atoms with Gasteiger partial charge in [-0.05, 0) is 26.0 Å². The van der Waals surface area contributed by atoms with Crippen molar-refractivity contribution in [1.82, 2.24) is 0 Å². The number of sulfonamides is 1. The molecule has 0 aromatic heterocycles. The van der Waals surface area contributed by atoms with Gasteiger partial charge in [0.15, 0.2) is 0 Å². The third-order valence-corrected chi connectivity index (χ3v) is 4.58. The topological polar surface area (TPSA) is 108 Å². The first-order valence-electron chi connectivity index (χ1n) is 7.98. The Balaban J connectivity index is 2.31. The molecule has 2 rings (SSSR count). The number of nitro benzene ring substituents is 1. The summed E-state index contributed by atoms with van der Waals surface area (Å²) in [4.78, 5) is 10.5. The van der Waals surface area contributed by atoms with Crippen molar-refractivity contribution in [1.29, 1.82) is 0 Å². The van der Waals surface area contributed by atoms with Crippen LogP contribution in [0.25, 0.3) is 0 Å². The van der Waals surface area contributed by atoms with Gasteiger partial charge in [-0.25, -0.2) is 8.42 Å². The lowest BCUT2D eigenvalue weighted by Gasteiger charge is -2.14. The molecule has 0 saturated heterocycles. The van der Waals surface area contributed by atoms with Crippen LogP contribution in [0.5, 0.6) is 11.5 Å². The number of benzene rings is 2. The van der Waals surface area contributed by atoms with Crippen molar-refractivity contribution in [2.24, 2.45) is 0 Å². The normalized spacial score (nSPS) is 11.0. The van der Waals surface area contributed by atoms with Crippen LogP contribution < -0.4 is 14.2 Å². The second-order valence-electron chi connectivity index (χ2n) is 5.27. The Morgan fingerprint density at radius 3 is 2.42 bits per heavy atom. The van der Waals surface area contributed by atoms with Crippen LogP contribution in [0.3, 0.4) is 0 Å². The minimum absolute atomic E-state index is 0.101. The Hall–Kier alpha value is -2.81. The maximum absolute atomic E-state index is 12.5. The zero-order valence-corrected chi connectivity index (χ0v) is 15.3. The Kier molecular flexibility index (Phi) is 6.40. The van der Waals surface area contributed by atoms with Crippen molar-refractivity contribution in [3.8, 4) is 11.5 Å². The zero-order chi connectivity index (χ0) is 19.2. The Bertz CT molecular complexity index is 883. The van der Waals surface area contributed by atoms with Crippen LogP contribution in [-0.2, 0) is 15.8 Å². The lowest BCUT2D eigenvalue weighted by atomic mass is 10.2. The number of anilines is 1. The van der Waals surface area contributed by atoms with Gasteiger partial charge >= 0.3 is 0 Å². The monoisotopic (exact) mass is 380 g/mol. The summed E-state index contributed by atoms with van der Waals surface area (Å²) in [6.45, 7) is 4.38. The molecule has 26 heavy (non-hydrogen) atoms. The van der Waals surface area contributed by atoms with E-state index in [9.17, 15) is 18.5 Å². The van der Waals surface area contributed by atoms with Crippen LogP contribution in [0.2, 0.25) is 0 Å². The number of nitrogens with zero attached hydrogens (tertiary/aromatic N) is 1. The van der Waals surface area contributed by atoms with Crippen LogP contribution in [0, 0.1) is 10.1 Å². The number of para-hydroxylation sites is 1. The fourth-order valence-electron chi connectivity index (χ4n) is 2.35. The fraction of sp³-hybridized carbons (Fsp3) is 0.294. The van der Waals surface area contributed by atoms with E-state index in [1.54, 1.807) is 25.1 Å². The van der Waals surface area contributed by atoms with Gasteiger partial charge in [0.1, 0.15) is 17.3 Å². The summed E-state index contributed by atoms with van der Waals surface area (Å²) in [6.07, 6.45) is 0. The maximum atomic E-state index is 12.5. The van der Waals surface area contributed by atoms with Gasteiger partial charge < -0.3 is 9.47 Å². The van der Waals surface area contributed by atoms with E-state index < -0.39 is 20.7 Å². The molecule has 140 valence electrons. The van der Waals surface area contributed by atoms with E-state index in [2.05, 4.69) is 4.72 Å². The van der Waals surface area contributed by atoms with E-state index >= 15 is 0 Å². The molecule has 0 spiro atoms. The van der Waals surface area contributed by atoms with E-state index in [-0.39, 0.29) is 16.9 Å². The standard InChI is InChI=1S/C17H20N2O6S/c1-3-24-14-9-10-17(25-4-2)15(11-14)18-26(22,23)12-13-7-5-6-8-16(13)19(20)21/h5-11,18H,3-4,12H2,1-2H3. The van der Waals surface area contributed by atoms with E-state index in [0.717, 1.165) is 0 Å². The molecule has 0 saturated carbocycles. The van der Waals surface area contributed by atoms with Gasteiger partial charge in [-0.15, -0.1) is 0 Å². The largest absolute Gasteiger partial charge is 0.494 e. The van der Waals surface area contributed by atoms with Crippen LogP contribution >= 0.6 is 0 Å². The third kappa shape index (κ3) is 5.09. The summed E-state index contributed by atoms with van der Waals surface area (Å²) in [6, 6.07) is 10.5. The summed E-state index contributed by atoms with van der Waals surface area (Å²) in [7, 11) is -3.91. The SMILES string of the molecule is CCOc1ccc(OCC)c(NS(=O)(=O)Cc2ccccc2[N+](=O)[O-])c1. The molecule has 2 aromatic carbocycles. The average Bonchev–Trinajstić information content (AvgIpc) is 2.57. The van der Waals surface area contributed by atoms with Crippen molar-refractivity contribution in [3.05, 3.63) is 58.1 Å². The van der Waals surface area contributed by atoms with Crippen molar-refractivity contribution >= 4 is 21.4 Å². The summed E-state index contributed by atoms with van der Waals surface area (Å²) in [5.41, 5.74) is 0.0753. The fourth-order valence-corrected chi connectivity index (χ4v) is 3.57. The minimum Gasteiger partial charge on any atom is -0.494 e. The van der Waals surface area contributed by atoms with Crippen molar-refractivity contribution in [3.63, 3.8) is 0 Å². The molecule has 9 heteroatoms. The van der Waals surface area contributed by atoms with Crippen LogP contribution in [0.4, 0.5) is 11.4 Å². The lowest BCUT2D eigenvalue weighted by molar-refractivity contribution is -0.385. The molecular formula is C17H20N2O6S. The number of nitro groups is 1. The minimum atomic E-state index is -3.91. The molecule has 0 bridgehead atoms. The molecule has 0 aliphatic heterocycles. The first-order valence-corrected chi connectivity index (χ1v) is 9.64. The highest BCUT2D eigenvalue weighted by Crippen LogP contribution is 2.31. The molecule has 0 aliphatic carbocycles. The molecule has 0 unspecified atom stereocenters. The van der Waals surface area contributed by atoms with Gasteiger partial charge in [-0.3, -0.25) is 14.8 Å². The molecule has 0 fully saturated rings. The molecule has 0 amide bonds. The predicted molar refractivity (Wildman–Crippen MR) is 98.1 cm³/mol. The first-order chi connectivity index (χ1) is 12.4. The number of hydrogen-bond donors (Lipinski definition) is 1. The second-order valence-corrected chi connectivity index (χ2v) is 6.99. The predicted octanol–water partition coefficient (Wildman–Crippen LogP) is 3.33. The zero-order valence-electron chi connectivity index (χ0n) is 14.5. The van der Waals surface area contributed by atoms with Gasteiger partial charge in [0, 0.05) is 17.7 Å². The molecule has 8 nitrogen and oxygen atoms in total. The average molecular weight is 380 g/mol. The van der Waals surface area contributed by atoms with Crippen LogP contribution in [0.1, 0.15) is 19.4 Å². The van der Waals surface area contributed by atoms with E-state index in [4.69, 9.17) is 9.47 Å². The Morgan fingerprint density at radius 2 is 1.77 bits per heavy atom. The van der Waals surface area contributed by atoms with Crippen molar-refractivity contribution in [2.45, 2.75) is 19.6 Å². The highest BCUT2D eigenvalue weighted by Gasteiger charge is 2.21. The van der Waals surface area contributed by atoms with Crippen LogP contribution in [0.15, 0.2) is 42.5 Å². The number of rotatable bonds is 9. The first kappa shape index (κ1) is 19.5. The molecule has 0 radical (unpaired) electrons. The van der Waals surface area contributed by atoms with E-state index in [0.29, 0.717) is 24.7 Å². The smallest absolute Gasteiger partial charge is 0.273 e. The highest BCUT2D eigenvalue weighted by molar-refractivity contribution is 7.91. The van der Waals surface area contributed by atoms with E-state index in [1.165, 1.54) is 24.3 Å². The van der Waals surface area contributed by atoms with Gasteiger partial charge in [0.05, 0.1) is 23.8 Å². The lowest BCUT2D eigenvalue weighted by Crippen LogP contribution is -2.16. The molecule has 0 atom stereocenters. The van der Waals surface area contributed by atoms with Crippen LogP contribution in [-0.4, -0.2) is 26.6 Å². The molecule has 2 aromatic rings. The number of hydrogen-bond acceptors (Lipinski definition) is 6. The Labute approximate surface area is 152 Å². The van der Waals surface area contributed by atoms with Gasteiger partial charge in [0.25, 0.3) is 5.69 Å². The highest BCUT2D eigenvalue weighted by atomic mass is 32.2. The van der Waals surface area contributed by atoms with Gasteiger partial charge in [-0.1, -0.05) is 18.2 Å². The molecular weight excluding hydrogens is 360 g/mol. The summed E-state index contributed by atoms with van der Waals surface area (Å²) in [5.74, 6) is 0.302. The van der Waals surface area contributed by atoms with Gasteiger partial charge in [0.2, 0.25) is 10.0 Å². The molecule has 0 aliphatic rings. The van der Waals surface area contributed by atoms with Crippen molar-refractivity contribution in [2.75, 3.05) is 17.9 Å². The van der Waals surface area contributed by atoms with E-state index in [1.807, 2.05) is 6.92 Å². The third-order valence-electron chi connectivity index (χ3n) is 3.36. The molecule has 1 N–H and O–H groups in total. The quantitative estimate of drug-likeness (QED) is 0.528.